The molecule has 2 fully saturated rings. The van der Waals surface area contributed by atoms with Crippen LogP contribution in [0.5, 0.6) is 0 Å². The number of hydrogen-bond donors (Lipinski definition) is 0. The number of amides is 1. The summed E-state index contributed by atoms with van der Waals surface area (Å²) in [6, 6.07) is 4.99. The number of oxazole rings is 1. The number of hydrogen-bond acceptors (Lipinski definition) is 9. The van der Waals surface area contributed by atoms with Crippen LogP contribution in [0, 0.1) is 13.8 Å². The number of anilines is 1. The molecule has 1 aromatic carbocycles. The van der Waals surface area contributed by atoms with Gasteiger partial charge in [-0.25, -0.2) is 8.42 Å². The Labute approximate surface area is 202 Å². The zero-order chi connectivity index (χ0) is 23.8. The number of sulfone groups is 1. The summed E-state index contributed by atoms with van der Waals surface area (Å²) in [5.74, 6) is -0.0146. The average Bonchev–Trinajstić information content (AvgIpc) is 3.34. The first-order valence-electron chi connectivity index (χ1n) is 10.6. The fourth-order valence-corrected chi connectivity index (χ4v) is 6.22. The smallest absolute Gasteiger partial charge is 0.266 e. The summed E-state index contributed by atoms with van der Waals surface area (Å²) in [4.78, 5) is 20.9. The first-order chi connectivity index (χ1) is 15.7. The van der Waals surface area contributed by atoms with Crippen molar-refractivity contribution in [2.24, 2.45) is 0 Å². The number of thioether (sulfide) groups is 1. The maximum Gasteiger partial charge on any atom is 0.266 e. The first-order valence-corrected chi connectivity index (χ1v) is 13.3. The lowest BCUT2D eigenvalue weighted by atomic mass is 10.1. The lowest BCUT2D eigenvalue weighted by Gasteiger charge is -2.26. The van der Waals surface area contributed by atoms with E-state index in [1.165, 1.54) is 11.0 Å². The van der Waals surface area contributed by atoms with Crippen LogP contribution < -0.4 is 4.90 Å². The Morgan fingerprint density at radius 2 is 1.94 bits per heavy atom. The summed E-state index contributed by atoms with van der Waals surface area (Å²) in [5.41, 5.74) is 1.87. The monoisotopic (exact) mass is 507 g/mol. The van der Waals surface area contributed by atoms with Gasteiger partial charge in [-0.15, -0.1) is 0 Å². The third-order valence-electron chi connectivity index (χ3n) is 5.51. The van der Waals surface area contributed by atoms with Gasteiger partial charge in [-0.05, 0) is 43.5 Å². The zero-order valence-electron chi connectivity index (χ0n) is 18.7. The third-order valence-corrected chi connectivity index (χ3v) is 8.54. The van der Waals surface area contributed by atoms with Crippen LogP contribution in [0.15, 0.2) is 37.4 Å². The van der Waals surface area contributed by atoms with Crippen molar-refractivity contribution in [1.29, 1.82) is 0 Å². The summed E-state index contributed by atoms with van der Waals surface area (Å²) < 4.78 is 38.9. The van der Waals surface area contributed by atoms with Crippen molar-refractivity contribution >= 4 is 56.0 Å². The molecule has 0 radical (unpaired) electrons. The summed E-state index contributed by atoms with van der Waals surface area (Å²) in [6.45, 7) is 8.14. The van der Waals surface area contributed by atoms with E-state index in [4.69, 9.17) is 21.4 Å². The van der Waals surface area contributed by atoms with Crippen LogP contribution in [0.4, 0.5) is 5.88 Å². The predicted molar refractivity (Wildman–Crippen MR) is 131 cm³/mol. The molecule has 2 aliphatic heterocycles. The number of benzene rings is 1. The maximum absolute atomic E-state index is 13.6. The summed E-state index contributed by atoms with van der Waals surface area (Å²) in [7, 11) is -3.96. The second kappa shape index (κ2) is 9.57. The normalized spacial score (nSPS) is 18.6. The van der Waals surface area contributed by atoms with Gasteiger partial charge >= 0.3 is 0 Å². The van der Waals surface area contributed by atoms with E-state index >= 15 is 0 Å². The molecule has 1 aromatic heterocycles. The maximum atomic E-state index is 13.6. The number of morpholine rings is 1. The molecular formula is C22H25N3O5S3. The highest BCUT2D eigenvalue weighted by Gasteiger charge is 2.34. The molecule has 176 valence electrons. The first kappa shape index (κ1) is 23.9. The molecule has 0 spiro atoms. The number of aryl methyl sites for hydroxylation is 2. The molecule has 0 atom stereocenters. The molecule has 33 heavy (non-hydrogen) atoms. The van der Waals surface area contributed by atoms with Crippen molar-refractivity contribution in [3.8, 4) is 0 Å². The van der Waals surface area contributed by atoms with Gasteiger partial charge in [0, 0.05) is 25.7 Å². The van der Waals surface area contributed by atoms with E-state index in [1.807, 2.05) is 25.7 Å². The number of ether oxygens (including phenoxy) is 1. The minimum Gasteiger partial charge on any atom is -0.420 e. The van der Waals surface area contributed by atoms with Gasteiger partial charge < -0.3 is 14.1 Å². The van der Waals surface area contributed by atoms with Crippen LogP contribution in [-0.4, -0.2) is 61.4 Å². The van der Waals surface area contributed by atoms with Crippen LogP contribution in [0.3, 0.4) is 0 Å². The molecule has 0 unspecified atom stereocenters. The van der Waals surface area contributed by atoms with Crippen LogP contribution >= 0.6 is 24.0 Å². The molecule has 2 saturated heterocycles. The SMILES string of the molecule is CCCN1C(=O)/C(=C/c2nc(S(=O)(=O)c3ccc(C)c(C)c3)c(N3CCOCC3)o2)SC1=S. The van der Waals surface area contributed by atoms with E-state index in [2.05, 4.69) is 4.98 Å². The summed E-state index contributed by atoms with van der Waals surface area (Å²) >= 11 is 6.47. The van der Waals surface area contributed by atoms with Gasteiger partial charge in [0.15, 0.2) is 0 Å². The number of nitrogens with zero attached hydrogens (tertiary/aromatic N) is 3. The Morgan fingerprint density at radius 3 is 2.61 bits per heavy atom. The lowest BCUT2D eigenvalue weighted by molar-refractivity contribution is -0.122. The van der Waals surface area contributed by atoms with Crippen molar-refractivity contribution in [1.82, 2.24) is 9.88 Å². The van der Waals surface area contributed by atoms with Crippen molar-refractivity contribution in [3.05, 3.63) is 40.1 Å². The van der Waals surface area contributed by atoms with E-state index in [0.29, 0.717) is 42.1 Å². The molecular weight excluding hydrogens is 482 g/mol. The van der Waals surface area contributed by atoms with Crippen LogP contribution in [-0.2, 0) is 19.4 Å². The van der Waals surface area contributed by atoms with Crippen molar-refractivity contribution in [2.45, 2.75) is 37.1 Å². The van der Waals surface area contributed by atoms with Gasteiger partial charge in [0.05, 0.1) is 23.0 Å². The van der Waals surface area contributed by atoms with E-state index in [1.54, 1.807) is 18.2 Å². The molecule has 1 amide bonds. The van der Waals surface area contributed by atoms with Crippen LogP contribution in [0.1, 0.15) is 30.4 Å². The minimum absolute atomic E-state index is 0.0518. The number of thiocarbonyl (C=S) groups is 1. The quantitative estimate of drug-likeness (QED) is 0.430. The molecule has 2 aliphatic rings. The fourth-order valence-electron chi connectivity index (χ4n) is 3.54. The predicted octanol–water partition coefficient (Wildman–Crippen LogP) is 3.57. The lowest BCUT2D eigenvalue weighted by Crippen LogP contribution is -2.36. The van der Waals surface area contributed by atoms with E-state index < -0.39 is 9.84 Å². The molecule has 0 N–H and O–H groups in total. The molecule has 0 aliphatic carbocycles. The highest BCUT2D eigenvalue weighted by molar-refractivity contribution is 8.26. The highest BCUT2D eigenvalue weighted by Crippen LogP contribution is 2.36. The zero-order valence-corrected chi connectivity index (χ0v) is 21.1. The largest absolute Gasteiger partial charge is 0.420 e. The molecule has 4 rings (SSSR count). The van der Waals surface area contributed by atoms with Gasteiger partial charge in [-0.3, -0.25) is 9.69 Å². The number of carbonyl (C=O) groups is 1. The van der Waals surface area contributed by atoms with Crippen molar-refractivity contribution in [3.63, 3.8) is 0 Å². The van der Waals surface area contributed by atoms with E-state index in [9.17, 15) is 13.2 Å². The van der Waals surface area contributed by atoms with E-state index in [-0.39, 0.29) is 27.6 Å². The van der Waals surface area contributed by atoms with Crippen LogP contribution in [0.2, 0.25) is 0 Å². The molecule has 0 saturated carbocycles. The van der Waals surface area contributed by atoms with E-state index in [0.717, 1.165) is 29.3 Å². The van der Waals surface area contributed by atoms with Gasteiger partial charge in [-0.1, -0.05) is 37.0 Å². The van der Waals surface area contributed by atoms with Crippen molar-refractivity contribution < 1.29 is 22.4 Å². The Hall–Kier alpha value is -2.21. The van der Waals surface area contributed by atoms with Gasteiger partial charge in [0.25, 0.3) is 5.91 Å². The molecule has 3 heterocycles. The molecule has 8 nitrogen and oxygen atoms in total. The van der Waals surface area contributed by atoms with Gasteiger partial charge in [0.2, 0.25) is 26.6 Å². The minimum atomic E-state index is -3.96. The standard InChI is InChI=1S/C22H25N3O5S3/c1-4-7-25-20(26)17(32-22(25)31)13-18-23-19(21(30-18)24-8-10-29-11-9-24)33(27,28)16-6-5-14(2)15(3)12-16/h5-6,12-13H,4,7-11H2,1-3H3/b17-13-. The second-order valence-electron chi connectivity index (χ2n) is 7.84. The number of carbonyl (C=O) groups excluding carboxylic acids is 1. The molecule has 0 bridgehead atoms. The highest BCUT2D eigenvalue weighted by atomic mass is 32.2. The second-order valence-corrected chi connectivity index (χ2v) is 11.4. The van der Waals surface area contributed by atoms with Gasteiger partial charge in [-0.2, -0.15) is 4.98 Å². The molecule has 2 aromatic rings. The number of rotatable bonds is 6. The molecule has 11 heteroatoms. The fraction of sp³-hybridized carbons (Fsp3) is 0.409. The average molecular weight is 508 g/mol. The number of aromatic nitrogens is 1. The van der Waals surface area contributed by atoms with Crippen LogP contribution in [0.25, 0.3) is 6.08 Å². The Balaban J connectivity index is 1.78. The van der Waals surface area contributed by atoms with Gasteiger partial charge in [0.1, 0.15) is 4.32 Å². The Morgan fingerprint density at radius 1 is 1.21 bits per heavy atom. The Bertz CT molecular complexity index is 1230. The van der Waals surface area contributed by atoms with Crippen molar-refractivity contribution in [2.75, 3.05) is 37.7 Å². The Kier molecular flexibility index (Phi) is 6.94. The topological polar surface area (TPSA) is 93.0 Å². The summed E-state index contributed by atoms with van der Waals surface area (Å²) in [6.07, 6.45) is 2.25. The summed E-state index contributed by atoms with van der Waals surface area (Å²) in [5, 5.41) is -0.164. The third kappa shape index (κ3) is 4.72.